The summed E-state index contributed by atoms with van der Waals surface area (Å²) in [5.74, 6) is 8.68. The highest BCUT2D eigenvalue weighted by Gasteiger charge is 2.65. The molecule has 65 heavy (non-hydrogen) atoms. The molecule has 8 saturated carbocycles. The van der Waals surface area contributed by atoms with Crippen LogP contribution in [0.1, 0.15) is 198 Å². The summed E-state index contributed by atoms with van der Waals surface area (Å²) >= 11 is 0. The van der Waals surface area contributed by atoms with Gasteiger partial charge in [-0.15, -0.1) is 0 Å². The van der Waals surface area contributed by atoms with Crippen molar-refractivity contribution < 1.29 is 28.5 Å². The number of carbonyl (C=O) groups excluding carboxylic acids is 2. The fourth-order valence-corrected chi connectivity index (χ4v) is 19.1. The zero-order valence-electron chi connectivity index (χ0n) is 43.3. The molecule has 0 aromatic rings. The molecule has 0 aromatic heterocycles. The molecule has 10 rings (SSSR count). The normalized spacial score (nSPS) is 46.4. The van der Waals surface area contributed by atoms with Gasteiger partial charge in [0, 0.05) is 43.9 Å². The molecule has 6 heteroatoms. The van der Waals surface area contributed by atoms with Crippen molar-refractivity contribution in [2.75, 3.05) is 26.4 Å². The average molecular weight is 899 g/mol. The van der Waals surface area contributed by atoms with Crippen LogP contribution in [-0.4, -0.2) is 49.6 Å². The van der Waals surface area contributed by atoms with E-state index in [0.29, 0.717) is 68.7 Å². The van der Waals surface area contributed by atoms with Crippen LogP contribution in [0.5, 0.6) is 0 Å². The van der Waals surface area contributed by atoms with Crippen molar-refractivity contribution in [2.45, 2.75) is 209 Å². The van der Waals surface area contributed by atoms with E-state index in [4.69, 9.17) is 32.1 Å². The first-order valence-corrected chi connectivity index (χ1v) is 27.5. The number of rotatable bonds is 8. The third-order valence-corrected chi connectivity index (χ3v) is 23.0. The standard InChI is InChI=1S/C31H50O3.C28H44O3/c1-20(8-9-22(3)32)24-10-11-25-27-21(2)16-23-17-31(33-18-28(4,5)19-34-31)15-14-29(23,6)26(27)12-13-30(24,25)7;1-18(6-7-20(3)29)22-8-9-23-25-19(2)16-21-17-28(30-14-15-31-28)13-12-26(21,4)24(25)10-11-27(22,23)5/h20,23-27H,2,8-19H2,1,3-7H3;18,21-25H,2,6-17H2,1,3-5H3/t20-,23-,24-,25+,26+,27+,29+,30-;18-,21-,22-,23+,24+,25+,26+,27-/m11/s1. The minimum Gasteiger partial charge on any atom is -0.349 e. The SMILES string of the molecule is C=C1C[C@@H]2CC3(CC[C@]2(C)[C@H]2CC[C@]4(C)[C@@H]([C@H](C)CCC(C)=O)CC[C@H]4[C@H]12)OCC(C)(C)CO3.C=C1C[C@@H]2CC3(CC[C@]2(C)[C@H]2CC[C@]4(C)[C@@H]([C@H](C)CCC(C)=O)CC[C@H]4[C@H]12)OCCO3. The van der Waals surface area contributed by atoms with Gasteiger partial charge in [-0.2, -0.15) is 0 Å². The quantitative estimate of drug-likeness (QED) is 0.226. The molecule has 10 aliphatic rings. The second kappa shape index (κ2) is 17.5. The second-order valence-corrected chi connectivity index (χ2v) is 27.2. The topological polar surface area (TPSA) is 71.1 Å². The van der Waals surface area contributed by atoms with E-state index in [1.54, 1.807) is 13.8 Å². The number of hydrogen-bond donors (Lipinski definition) is 0. The van der Waals surface area contributed by atoms with Crippen LogP contribution in [0, 0.1) is 98.1 Å². The molecular weight excluding hydrogens is 805 g/mol. The Bertz CT molecular complexity index is 1810. The lowest BCUT2D eigenvalue weighted by molar-refractivity contribution is -0.328. The molecule has 10 fully saturated rings. The van der Waals surface area contributed by atoms with Crippen LogP contribution in [0.25, 0.3) is 0 Å². The molecular formula is C59H94O6. The number of ketones is 2. The largest absolute Gasteiger partial charge is 0.349 e. The molecule has 2 spiro atoms. The van der Waals surface area contributed by atoms with Crippen molar-refractivity contribution >= 4 is 11.6 Å². The Morgan fingerprint density at radius 2 is 0.923 bits per heavy atom. The van der Waals surface area contributed by atoms with Crippen molar-refractivity contribution in [3.63, 3.8) is 0 Å². The number of carbonyl (C=O) groups is 2. The predicted octanol–water partition coefficient (Wildman–Crippen LogP) is 14.1. The highest BCUT2D eigenvalue weighted by molar-refractivity contribution is 5.75. The second-order valence-electron chi connectivity index (χ2n) is 27.2. The number of fused-ring (bicyclic) bond motifs is 10. The van der Waals surface area contributed by atoms with E-state index >= 15 is 0 Å². The number of ether oxygens (including phenoxy) is 4. The van der Waals surface area contributed by atoms with Crippen LogP contribution in [-0.2, 0) is 28.5 Å². The molecule has 0 radical (unpaired) electrons. The molecule has 8 aliphatic carbocycles. The van der Waals surface area contributed by atoms with Gasteiger partial charge < -0.3 is 28.5 Å². The van der Waals surface area contributed by atoms with E-state index in [1.807, 2.05) is 0 Å². The molecule has 6 nitrogen and oxygen atoms in total. The van der Waals surface area contributed by atoms with Crippen LogP contribution in [0.4, 0.5) is 0 Å². The maximum Gasteiger partial charge on any atom is 0.168 e. The number of hydrogen-bond acceptors (Lipinski definition) is 6. The van der Waals surface area contributed by atoms with E-state index in [-0.39, 0.29) is 17.0 Å². The summed E-state index contributed by atoms with van der Waals surface area (Å²) in [6, 6.07) is 0. The van der Waals surface area contributed by atoms with Gasteiger partial charge in [0.15, 0.2) is 11.6 Å². The van der Waals surface area contributed by atoms with Gasteiger partial charge in [0.1, 0.15) is 11.6 Å². The van der Waals surface area contributed by atoms with Gasteiger partial charge >= 0.3 is 0 Å². The van der Waals surface area contributed by atoms with Gasteiger partial charge in [0.25, 0.3) is 0 Å². The highest BCUT2D eigenvalue weighted by Crippen LogP contribution is 2.72. The van der Waals surface area contributed by atoms with Gasteiger partial charge in [-0.1, -0.05) is 79.7 Å². The first-order chi connectivity index (χ1) is 30.6. The van der Waals surface area contributed by atoms with Crippen molar-refractivity contribution in [3.05, 3.63) is 24.3 Å². The summed E-state index contributed by atoms with van der Waals surface area (Å²) in [7, 11) is 0. The van der Waals surface area contributed by atoms with Crippen molar-refractivity contribution in [1.82, 2.24) is 0 Å². The summed E-state index contributed by atoms with van der Waals surface area (Å²) in [5.41, 5.74) is 4.84. The van der Waals surface area contributed by atoms with Gasteiger partial charge in [0.05, 0.1) is 26.4 Å². The molecule has 2 heterocycles. The fraction of sp³-hybridized carbons (Fsp3) is 0.898. The van der Waals surface area contributed by atoms with E-state index in [9.17, 15) is 9.59 Å². The molecule has 0 aromatic carbocycles. The lowest BCUT2D eigenvalue weighted by Crippen LogP contribution is -2.59. The zero-order chi connectivity index (χ0) is 46.5. The van der Waals surface area contributed by atoms with E-state index < -0.39 is 0 Å². The monoisotopic (exact) mass is 899 g/mol. The highest BCUT2D eigenvalue weighted by atomic mass is 16.7. The third-order valence-electron chi connectivity index (χ3n) is 23.0. The Morgan fingerprint density at radius 1 is 0.538 bits per heavy atom. The van der Waals surface area contributed by atoms with Gasteiger partial charge in [0.2, 0.25) is 0 Å². The Balaban J connectivity index is 0.000000165. The Hall–Kier alpha value is -1.34. The summed E-state index contributed by atoms with van der Waals surface area (Å²) in [5, 5.41) is 0. The smallest absolute Gasteiger partial charge is 0.168 e. The summed E-state index contributed by atoms with van der Waals surface area (Å²) in [6.07, 6.45) is 23.5. The lowest BCUT2D eigenvalue weighted by Gasteiger charge is -2.63. The minimum absolute atomic E-state index is 0.127. The van der Waals surface area contributed by atoms with Crippen LogP contribution in [0.15, 0.2) is 24.3 Å². The summed E-state index contributed by atoms with van der Waals surface area (Å²) in [4.78, 5) is 23.2. The number of Topliss-reactive ketones (excluding diaryl/α,β-unsaturated/α-hetero) is 2. The van der Waals surface area contributed by atoms with E-state index in [2.05, 4.69) is 55.4 Å². The number of allylic oxidation sites excluding steroid dienone is 2. The van der Waals surface area contributed by atoms with Crippen LogP contribution < -0.4 is 0 Å². The van der Waals surface area contributed by atoms with Crippen LogP contribution >= 0.6 is 0 Å². The summed E-state index contributed by atoms with van der Waals surface area (Å²) < 4.78 is 25.2. The van der Waals surface area contributed by atoms with Crippen molar-refractivity contribution in [1.29, 1.82) is 0 Å². The molecule has 2 saturated heterocycles. The maximum absolute atomic E-state index is 11.6. The van der Waals surface area contributed by atoms with Crippen LogP contribution in [0.2, 0.25) is 0 Å². The molecule has 0 unspecified atom stereocenters. The van der Waals surface area contributed by atoms with E-state index in [1.165, 1.54) is 81.8 Å². The Labute approximate surface area is 396 Å². The molecule has 0 N–H and O–H groups in total. The Morgan fingerprint density at radius 3 is 1.32 bits per heavy atom. The van der Waals surface area contributed by atoms with Crippen molar-refractivity contribution in [2.24, 2.45) is 98.1 Å². The average Bonchev–Trinajstić information content (AvgIpc) is 3.97. The van der Waals surface area contributed by atoms with Crippen LogP contribution in [0.3, 0.4) is 0 Å². The molecule has 0 amide bonds. The fourth-order valence-electron chi connectivity index (χ4n) is 19.1. The first-order valence-electron chi connectivity index (χ1n) is 27.5. The van der Waals surface area contributed by atoms with E-state index in [0.717, 1.165) is 120 Å². The molecule has 16 atom stereocenters. The zero-order valence-corrected chi connectivity index (χ0v) is 43.3. The molecule has 366 valence electrons. The summed E-state index contributed by atoms with van der Waals surface area (Å²) in [6.45, 7) is 35.9. The van der Waals surface area contributed by atoms with Crippen molar-refractivity contribution in [3.8, 4) is 0 Å². The van der Waals surface area contributed by atoms with Gasteiger partial charge in [-0.25, -0.2) is 0 Å². The Kier molecular flexibility index (Phi) is 13.1. The predicted molar refractivity (Wildman–Crippen MR) is 261 cm³/mol. The third kappa shape index (κ3) is 8.40. The van der Waals surface area contributed by atoms with Gasteiger partial charge in [-0.05, 0) is 196 Å². The lowest BCUT2D eigenvalue weighted by atomic mass is 9.43. The molecule has 2 aliphatic heterocycles. The van der Waals surface area contributed by atoms with Gasteiger partial charge in [-0.3, -0.25) is 0 Å². The first kappa shape index (κ1) is 48.7. The maximum atomic E-state index is 11.6. The molecule has 0 bridgehead atoms. The minimum atomic E-state index is -0.347.